The van der Waals surface area contributed by atoms with Crippen LogP contribution in [0.1, 0.15) is 39.0 Å². The molecule has 2 aliphatic rings. The molecule has 0 bridgehead atoms. The largest absolute Gasteiger partial charge is 0.395 e. The molecule has 0 aromatic heterocycles. The van der Waals surface area contributed by atoms with Crippen molar-refractivity contribution in [1.29, 1.82) is 0 Å². The van der Waals surface area contributed by atoms with Gasteiger partial charge in [-0.2, -0.15) is 11.8 Å². The summed E-state index contributed by atoms with van der Waals surface area (Å²) in [5, 5.41) is 9.23. The molecule has 1 saturated heterocycles. The molecule has 1 aliphatic heterocycles. The van der Waals surface area contributed by atoms with Crippen LogP contribution >= 0.6 is 11.8 Å². The van der Waals surface area contributed by atoms with E-state index in [4.69, 9.17) is 0 Å². The van der Waals surface area contributed by atoms with Gasteiger partial charge in [-0.1, -0.05) is 12.8 Å². The predicted octanol–water partition coefficient (Wildman–Crippen LogP) is 1.42. The van der Waals surface area contributed by atoms with Gasteiger partial charge in [0.2, 0.25) is 11.8 Å². The van der Waals surface area contributed by atoms with Gasteiger partial charge < -0.3 is 5.11 Å². The second-order valence-electron chi connectivity index (χ2n) is 5.43. The molecule has 1 heterocycles. The first-order valence-corrected chi connectivity index (χ1v) is 7.84. The first-order valence-electron chi connectivity index (χ1n) is 6.56. The summed E-state index contributed by atoms with van der Waals surface area (Å²) in [5.41, 5.74) is -0.399. The van der Waals surface area contributed by atoms with Gasteiger partial charge in [-0.05, 0) is 26.0 Å². The fourth-order valence-electron chi connectivity index (χ4n) is 3.26. The van der Waals surface area contributed by atoms with Crippen molar-refractivity contribution in [3.8, 4) is 0 Å². The third-order valence-electron chi connectivity index (χ3n) is 4.42. The Balaban J connectivity index is 2.18. The van der Waals surface area contributed by atoms with E-state index < -0.39 is 5.41 Å². The lowest BCUT2D eigenvalue weighted by atomic mass is 9.84. The van der Waals surface area contributed by atoms with E-state index >= 15 is 0 Å². The van der Waals surface area contributed by atoms with Crippen LogP contribution < -0.4 is 0 Å². The molecule has 1 spiro atoms. The van der Waals surface area contributed by atoms with E-state index in [2.05, 4.69) is 0 Å². The van der Waals surface area contributed by atoms with Crippen molar-refractivity contribution in [2.75, 3.05) is 12.9 Å². The summed E-state index contributed by atoms with van der Waals surface area (Å²) in [4.78, 5) is 26.1. The number of carbonyl (C=O) groups excluding carboxylic acids is 2. The number of rotatable bonds is 4. The number of hydrogen-bond donors (Lipinski definition) is 1. The van der Waals surface area contributed by atoms with Gasteiger partial charge >= 0.3 is 0 Å². The summed E-state index contributed by atoms with van der Waals surface area (Å²) in [7, 11) is 0. The molecule has 2 atom stereocenters. The molecular formula is C13H21NO3S. The summed E-state index contributed by atoms with van der Waals surface area (Å²) in [6.07, 6.45) is 6.07. The maximum Gasteiger partial charge on any atom is 0.236 e. The van der Waals surface area contributed by atoms with E-state index in [1.54, 1.807) is 0 Å². The number of imide groups is 1. The summed E-state index contributed by atoms with van der Waals surface area (Å²) in [5.74, 6) is -0.0492. The van der Waals surface area contributed by atoms with Crippen LogP contribution in [-0.2, 0) is 9.59 Å². The fraction of sp³-hybridized carbons (Fsp3) is 0.846. The van der Waals surface area contributed by atoms with Crippen molar-refractivity contribution in [1.82, 2.24) is 4.90 Å². The van der Waals surface area contributed by atoms with Crippen LogP contribution in [0.15, 0.2) is 0 Å². The number of nitrogens with zero attached hydrogens (tertiary/aromatic N) is 1. The molecule has 2 rings (SSSR count). The minimum Gasteiger partial charge on any atom is -0.395 e. The number of carbonyl (C=O) groups is 2. The van der Waals surface area contributed by atoms with E-state index in [1.165, 1.54) is 16.7 Å². The zero-order chi connectivity index (χ0) is 13.3. The number of aliphatic hydroxyl groups is 1. The lowest BCUT2D eigenvalue weighted by Gasteiger charge is -2.30. The Labute approximate surface area is 112 Å². The summed E-state index contributed by atoms with van der Waals surface area (Å²) < 4.78 is 0. The number of likely N-dealkylation sites (tertiary alicyclic amines) is 1. The van der Waals surface area contributed by atoms with Crippen LogP contribution in [0.2, 0.25) is 0 Å². The average molecular weight is 271 g/mol. The van der Waals surface area contributed by atoms with E-state index in [0.717, 1.165) is 25.7 Å². The molecule has 1 aliphatic carbocycles. The second-order valence-corrected chi connectivity index (χ2v) is 6.51. The number of thioether (sulfide) groups is 1. The van der Waals surface area contributed by atoms with Crippen molar-refractivity contribution in [2.45, 2.75) is 50.3 Å². The summed E-state index contributed by atoms with van der Waals surface area (Å²) in [6.45, 7) is 1.85. The van der Waals surface area contributed by atoms with Crippen molar-refractivity contribution >= 4 is 23.6 Å². The van der Waals surface area contributed by atoms with Crippen LogP contribution in [0.5, 0.6) is 0 Å². The molecule has 2 fully saturated rings. The molecule has 0 radical (unpaired) electrons. The van der Waals surface area contributed by atoms with Gasteiger partial charge in [-0.25, -0.2) is 0 Å². The van der Waals surface area contributed by atoms with E-state index in [0.29, 0.717) is 6.42 Å². The third-order valence-corrected chi connectivity index (χ3v) is 5.57. The minimum atomic E-state index is -0.399. The fourth-order valence-corrected chi connectivity index (χ4v) is 3.93. The highest BCUT2D eigenvalue weighted by Gasteiger charge is 2.54. The average Bonchev–Trinajstić information content (AvgIpc) is 2.88. The Kier molecular flexibility index (Phi) is 4.02. The molecule has 1 saturated carbocycles. The highest BCUT2D eigenvalue weighted by molar-refractivity contribution is 7.99. The van der Waals surface area contributed by atoms with Crippen LogP contribution in [0.25, 0.3) is 0 Å². The van der Waals surface area contributed by atoms with Gasteiger partial charge in [-0.3, -0.25) is 14.5 Å². The second kappa shape index (κ2) is 5.21. The first-order chi connectivity index (χ1) is 8.55. The highest BCUT2D eigenvalue weighted by Crippen LogP contribution is 2.47. The van der Waals surface area contributed by atoms with Gasteiger partial charge in [-0.15, -0.1) is 0 Å². The van der Waals surface area contributed by atoms with Crippen molar-refractivity contribution < 1.29 is 14.7 Å². The molecule has 18 heavy (non-hydrogen) atoms. The highest BCUT2D eigenvalue weighted by atomic mass is 32.2. The molecular weight excluding hydrogens is 250 g/mol. The normalized spacial score (nSPS) is 26.1. The van der Waals surface area contributed by atoms with Gasteiger partial charge in [0.25, 0.3) is 0 Å². The molecule has 4 nitrogen and oxygen atoms in total. The zero-order valence-electron chi connectivity index (χ0n) is 11.0. The molecule has 102 valence electrons. The Morgan fingerprint density at radius 3 is 2.50 bits per heavy atom. The van der Waals surface area contributed by atoms with Crippen LogP contribution in [0.3, 0.4) is 0 Å². The first kappa shape index (κ1) is 13.9. The molecule has 5 heteroatoms. The van der Waals surface area contributed by atoms with Crippen molar-refractivity contribution in [3.63, 3.8) is 0 Å². The Morgan fingerprint density at radius 1 is 1.39 bits per heavy atom. The third kappa shape index (κ3) is 2.07. The zero-order valence-corrected chi connectivity index (χ0v) is 11.8. The van der Waals surface area contributed by atoms with Crippen molar-refractivity contribution in [2.24, 2.45) is 5.41 Å². The summed E-state index contributed by atoms with van der Waals surface area (Å²) in [6, 6.07) is -0.218. The molecule has 0 aromatic carbocycles. The monoisotopic (exact) mass is 271 g/mol. The minimum absolute atomic E-state index is 0.00463. The van der Waals surface area contributed by atoms with E-state index in [-0.39, 0.29) is 29.7 Å². The van der Waals surface area contributed by atoms with Crippen molar-refractivity contribution in [3.05, 3.63) is 0 Å². The molecule has 0 aromatic rings. The van der Waals surface area contributed by atoms with Crippen LogP contribution in [-0.4, -0.2) is 46.0 Å². The van der Waals surface area contributed by atoms with Crippen LogP contribution in [0.4, 0.5) is 0 Å². The smallest absolute Gasteiger partial charge is 0.236 e. The Hall–Kier alpha value is -0.550. The SMILES string of the molecule is CSC(CO)C(C)N1C(=O)CC2(CCCC2)C1=O. The molecule has 2 amide bonds. The number of hydrogen-bond acceptors (Lipinski definition) is 4. The maximum absolute atomic E-state index is 12.5. The number of aliphatic hydroxyl groups excluding tert-OH is 1. The summed E-state index contributed by atoms with van der Waals surface area (Å²) >= 11 is 1.50. The quantitative estimate of drug-likeness (QED) is 0.786. The topological polar surface area (TPSA) is 57.6 Å². The van der Waals surface area contributed by atoms with Gasteiger partial charge in [0, 0.05) is 11.7 Å². The molecule has 2 unspecified atom stereocenters. The van der Waals surface area contributed by atoms with E-state index in [9.17, 15) is 14.7 Å². The Morgan fingerprint density at radius 2 is 2.00 bits per heavy atom. The Bertz CT molecular complexity index is 348. The maximum atomic E-state index is 12.5. The number of amides is 2. The lowest BCUT2D eigenvalue weighted by Crippen LogP contribution is -2.46. The van der Waals surface area contributed by atoms with Gasteiger partial charge in [0.1, 0.15) is 0 Å². The lowest BCUT2D eigenvalue weighted by molar-refractivity contribution is -0.143. The predicted molar refractivity (Wildman–Crippen MR) is 71.2 cm³/mol. The molecule has 1 N–H and O–H groups in total. The van der Waals surface area contributed by atoms with Gasteiger partial charge in [0.15, 0.2) is 0 Å². The standard InChI is InChI=1S/C13H21NO3S/c1-9(10(8-15)18-2)14-11(16)7-13(12(14)17)5-3-4-6-13/h9-10,15H,3-8H2,1-2H3. The van der Waals surface area contributed by atoms with Crippen LogP contribution in [0, 0.1) is 5.41 Å². The van der Waals surface area contributed by atoms with Gasteiger partial charge in [0.05, 0.1) is 18.1 Å². The van der Waals surface area contributed by atoms with E-state index in [1.807, 2.05) is 13.2 Å².